The molecule has 2 N–H and O–H groups in total. The van der Waals surface area contributed by atoms with Crippen molar-refractivity contribution < 1.29 is 24.5 Å². The topological polar surface area (TPSA) is 115 Å². The Hall–Kier alpha value is -5.17. The van der Waals surface area contributed by atoms with Gasteiger partial charge in [-0.3, -0.25) is 0 Å². The summed E-state index contributed by atoms with van der Waals surface area (Å²) in [4.78, 5) is 33.1. The molecule has 0 spiro atoms. The molecule has 0 saturated carbocycles. The zero-order valence-corrected chi connectivity index (χ0v) is 37.8. The van der Waals surface area contributed by atoms with Gasteiger partial charge in [-0.2, -0.15) is 9.97 Å². The lowest BCUT2D eigenvalue weighted by molar-refractivity contribution is 0.0181. The van der Waals surface area contributed by atoms with E-state index in [4.69, 9.17) is 19.4 Å². The number of ether oxygens (including phenoxy) is 2. The van der Waals surface area contributed by atoms with Crippen LogP contribution in [0.1, 0.15) is 65.6 Å². The van der Waals surface area contributed by atoms with Crippen molar-refractivity contribution in [1.29, 1.82) is 0 Å². The molecule has 12 heteroatoms. The van der Waals surface area contributed by atoms with Crippen molar-refractivity contribution in [3.63, 3.8) is 0 Å². The monoisotopic (exact) mass is 842 g/mol. The number of phenolic OH excluding ortho intramolecular Hbond substituents is 1. The minimum Gasteiger partial charge on any atom is -0.508 e. The molecule has 4 heterocycles. The molecule has 3 atom stereocenters. The Morgan fingerprint density at radius 3 is 2.18 bits per heavy atom. The highest BCUT2D eigenvalue weighted by atomic mass is 28.3. The largest absolute Gasteiger partial charge is 0.508 e. The number of piperazine rings is 1. The van der Waals surface area contributed by atoms with E-state index in [1.54, 1.807) is 11.0 Å². The van der Waals surface area contributed by atoms with E-state index in [1.807, 2.05) is 57.2 Å². The van der Waals surface area contributed by atoms with Gasteiger partial charge in [-0.1, -0.05) is 116 Å². The van der Waals surface area contributed by atoms with Crippen molar-refractivity contribution in [1.82, 2.24) is 19.8 Å². The highest BCUT2D eigenvalue weighted by Gasteiger charge is 2.57. The number of carbonyl (C=O) groups is 1. The van der Waals surface area contributed by atoms with E-state index in [2.05, 4.69) is 97.1 Å². The van der Waals surface area contributed by atoms with Crippen molar-refractivity contribution >= 4 is 46.8 Å². The Bertz CT molecular complexity index is 2290. The summed E-state index contributed by atoms with van der Waals surface area (Å²) < 4.78 is 12.6. The van der Waals surface area contributed by atoms with Crippen LogP contribution in [0.5, 0.6) is 11.8 Å². The number of phenols is 1. The van der Waals surface area contributed by atoms with Gasteiger partial charge in [0.15, 0.2) is 8.07 Å². The van der Waals surface area contributed by atoms with Gasteiger partial charge in [-0.25, -0.2) is 4.79 Å². The van der Waals surface area contributed by atoms with Gasteiger partial charge in [-0.15, -0.1) is 0 Å². The number of hydrogen-bond acceptors (Lipinski definition) is 10. The summed E-state index contributed by atoms with van der Waals surface area (Å²) in [5, 5.41) is 28.4. The zero-order chi connectivity index (χ0) is 43.1. The second kappa shape index (κ2) is 16.9. The van der Waals surface area contributed by atoms with Crippen LogP contribution in [0.4, 0.5) is 16.3 Å². The highest BCUT2D eigenvalue weighted by molar-refractivity contribution is 7.05. The Labute approximate surface area is 361 Å². The lowest BCUT2D eigenvalue weighted by Gasteiger charge is -2.53. The predicted octanol–water partition coefficient (Wildman–Crippen LogP) is 6.76. The third kappa shape index (κ3) is 8.42. The van der Waals surface area contributed by atoms with Gasteiger partial charge in [0.05, 0.1) is 24.0 Å². The second-order valence-corrected chi connectivity index (χ2v) is 24.0. The zero-order valence-electron chi connectivity index (χ0n) is 36.8. The fourth-order valence-corrected chi connectivity index (χ4v) is 16.1. The van der Waals surface area contributed by atoms with Gasteiger partial charge in [0.25, 0.3) is 0 Å². The van der Waals surface area contributed by atoms with Crippen LogP contribution >= 0.6 is 0 Å². The first-order valence-electron chi connectivity index (χ1n) is 21.9. The lowest BCUT2D eigenvalue weighted by atomic mass is 10.0. The van der Waals surface area contributed by atoms with Crippen LogP contribution in [0, 0.1) is 0 Å². The summed E-state index contributed by atoms with van der Waals surface area (Å²) in [6, 6.07) is 32.8. The van der Waals surface area contributed by atoms with E-state index in [9.17, 15) is 15.0 Å². The van der Waals surface area contributed by atoms with Gasteiger partial charge >= 0.3 is 12.1 Å². The Kier molecular flexibility index (Phi) is 11.8. The number of benzene rings is 4. The molecule has 0 bridgehead atoms. The average molecular weight is 843 g/mol. The van der Waals surface area contributed by atoms with Crippen molar-refractivity contribution in [2.75, 3.05) is 56.2 Å². The number of nitrogens with zero attached hydrogens (tertiary/aromatic N) is 6. The number of hydrogen-bond donors (Lipinski definition) is 2. The molecule has 4 aromatic carbocycles. The number of aliphatic hydroxyl groups excluding tert-OH is 1. The van der Waals surface area contributed by atoms with Gasteiger partial charge < -0.3 is 39.3 Å². The smallest absolute Gasteiger partial charge is 0.410 e. The fourth-order valence-electron chi connectivity index (χ4n) is 10.1. The molecule has 61 heavy (non-hydrogen) atoms. The quantitative estimate of drug-likeness (QED) is 0.155. The highest BCUT2D eigenvalue weighted by Crippen LogP contribution is 2.42. The van der Waals surface area contributed by atoms with E-state index in [-0.39, 0.29) is 23.4 Å². The standard InChI is InChI=1S/C49H62N6O5Si/c1-48(2,3)60-47(58)54-27-28-55(43(32-54)45(57)61(49(4,5)6,37-19-10-8-11-20-37)38-21-12-9-13-22-38)44-40-24-26-53(42-30-36(56)29-34-17-14-15-23-39(34)42)31-41(40)50-46(51-44)59-33-35-18-16-25-52(35)7/h8-15,17,19-23,29-30,35,43,45,56-57H,16,18,24-28,31-33H2,1-7H3/t35-,43?,45?/m0/s1. The summed E-state index contributed by atoms with van der Waals surface area (Å²) in [7, 11) is -1.04. The molecular weight excluding hydrogens is 781 g/mol. The number of anilines is 2. The molecule has 3 aliphatic rings. The van der Waals surface area contributed by atoms with Gasteiger partial charge in [0.1, 0.15) is 23.8 Å². The van der Waals surface area contributed by atoms with Gasteiger partial charge in [0, 0.05) is 54.9 Å². The summed E-state index contributed by atoms with van der Waals surface area (Å²) in [5.74, 6) is 0.960. The molecule has 11 nitrogen and oxygen atoms in total. The summed E-state index contributed by atoms with van der Waals surface area (Å²) in [6.07, 6.45) is 2.41. The van der Waals surface area contributed by atoms with Crippen molar-refractivity contribution in [3.05, 3.63) is 108 Å². The van der Waals surface area contributed by atoms with Crippen LogP contribution in [0.25, 0.3) is 10.8 Å². The van der Waals surface area contributed by atoms with Crippen LogP contribution in [-0.4, -0.2) is 114 Å². The van der Waals surface area contributed by atoms with Crippen LogP contribution < -0.4 is 24.9 Å². The number of fused-ring (bicyclic) bond motifs is 2. The molecule has 5 aromatic rings. The molecule has 2 fully saturated rings. The SMILES string of the molecule is CN1CCC[C@H]1COc1nc2c(c(N3CCN(C(=O)OC(C)(C)C)CC3C(O)[Si](c3ccccc3)(c3ccccc3)C(C)(C)C)n1)CCN(c1cc(O)cc3ccccc13)C2. The number of carbonyl (C=O) groups excluding carboxylic acids is 1. The van der Waals surface area contributed by atoms with E-state index < -0.39 is 31.5 Å². The first-order chi connectivity index (χ1) is 29.1. The van der Waals surface area contributed by atoms with E-state index >= 15 is 0 Å². The van der Waals surface area contributed by atoms with E-state index in [1.165, 1.54) is 0 Å². The number of aromatic hydroxyl groups is 1. The maximum Gasteiger partial charge on any atom is 0.410 e. The number of rotatable bonds is 9. The fraction of sp³-hybridized carbons (Fsp3) is 0.449. The van der Waals surface area contributed by atoms with Crippen LogP contribution in [0.3, 0.4) is 0 Å². The van der Waals surface area contributed by atoms with Gasteiger partial charge in [0.2, 0.25) is 0 Å². The molecule has 322 valence electrons. The second-order valence-electron chi connectivity index (χ2n) is 19.1. The summed E-state index contributed by atoms with van der Waals surface area (Å²) in [5.41, 5.74) is 1.23. The summed E-state index contributed by atoms with van der Waals surface area (Å²) in [6.45, 7) is 16.1. The number of aromatic nitrogens is 2. The molecule has 0 aliphatic carbocycles. The van der Waals surface area contributed by atoms with Crippen LogP contribution in [-0.2, 0) is 17.7 Å². The first kappa shape index (κ1) is 42.5. The maximum absolute atomic E-state index is 14.0. The van der Waals surface area contributed by atoms with Crippen LogP contribution in [0.15, 0.2) is 97.1 Å². The maximum atomic E-state index is 14.0. The lowest BCUT2D eigenvalue weighted by Crippen LogP contribution is -2.77. The van der Waals surface area contributed by atoms with Gasteiger partial charge in [-0.05, 0) is 70.1 Å². The molecule has 2 unspecified atom stereocenters. The predicted molar refractivity (Wildman–Crippen MR) is 246 cm³/mol. The Balaban J connectivity index is 1.27. The van der Waals surface area contributed by atoms with Crippen molar-refractivity contribution in [2.45, 2.75) is 95.8 Å². The number of likely N-dealkylation sites (tertiary alicyclic amines) is 1. The third-order valence-electron chi connectivity index (χ3n) is 13.1. The number of amides is 1. The Morgan fingerprint density at radius 1 is 0.869 bits per heavy atom. The minimum absolute atomic E-state index is 0.218. The minimum atomic E-state index is -3.18. The van der Waals surface area contributed by atoms with E-state index in [0.29, 0.717) is 45.2 Å². The first-order valence-corrected chi connectivity index (χ1v) is 23.9. The summed E-state index contributed by atoms with van der Waals surface area (Å²) >= 11 is 0. The average Bonchev–Trinajstić information content (AvgIpc) is 3.65. The third-order valence-corrected chi connectivity index (χ3v) is 19.2. The van der Waals surface area contributed by atoms with Crippen LogP contribution in [0.2, 0.25) is 5.04 Å². The molecule has 0 radical (unpaired) electrons. The number of aliphatic hydroxyl groups is 1. The molecular formula is C49H62N6O5Si. The molecule has 1 amide bonds. The van der Waals surface area contributed by atoms with E-state index in [0.717, 1.165) is 63.3 Å². The molecule has 1 aromatic heterocycles. The van der Waals surface area contributed by atoms with Crippen molar-refractivity contribution in [3.8, 4) is 11.8 Å². The molecule has 3 aliphatic heterocycles. The normalized spacial score (nSPS) is 19.5. The molecule has 8 rings (SSSR count). The molecule has 2 saturated heterocycles. The number of likely N-dealkylation sites (N-methyl/N-ethyl adjacent to an activating group) is 1. The van der Waals surface area contributed by atoms with Crippen molar-refractivity contribution in [2.24, 2.45) is 0 Å². The Morgan fingerprint density at radius 2 is 1.54 bits per heavy atom.